The molecule has 0 saturated heterocycles. The second kappa shape index (κ2) is 9.67. The van der Waals surface area contributed by atoms with E-state index in [1.807, 2.05) is 42.5 Å². The number of fused-ring (bicyclic) bond motifs is 1. The maximum atomic E-state index is 12.9. The predicted molar refractivity (Wildman–Crippen MR) is 133 cm³/mol. The smallest absolute Gasteiger partial charge is 0.282 e. The molecule has 0 saturated carbocycles. The van der Waals surface area contributed by atoms with Gasteiger partial charge in [-0.1, -0.05) is 46.3 Å². The molecule has 6 nitrogen and oxygen atoms in total. The van der Waals surface area contributed by atoms with Gasteiger partial charge in [-0.25, -0.2) is 4.98 Å². The molecule has 0 radical (unpaired) electrons. The number of nitrogens with zero attached hydrogens (tertiary/aromatic N) is 3. The van der Waals surface area contributed by atoms with Gasteiger partial charge in [0.2, 0.25) is 0 Å². The quantitative estimate of drug-likeness (QED) is 0.286. The molecule has 32 heavy (non-hydrogen) atoms. The number of halogens is 2. The van der Waals surface area contributed by atoms with Gasteiger partial charge in [-0.3, -0.25) is 4.79 Å². The van der Waals surface area contributed by atoms with Crippen LogP contribution in [0, 0.1) is 6.92 Å². The van der Waals surface area contributed by atoms with Crippen LogP contribution < -0.4 is 15.0 Å². The van der Waals surface area contributed by atoms with Crippen molar-refractivity contribution in [3.05, 3.63) is 96.9 Å². The molecule has 0 aliphatic heterocycles. The fourth-order valence-electron chi connectivity index (χ4n) is 3.20. The highest BCUT2D eigenvalue weighted by atomic mass is 79.9. The average Bonchev–Trinajstić information content (AvgIpc) is 2.79. The summed E-state index contributed by atoms with van der Waals surface area (Å²) in [7, 11) is 1.58. The molecule has 0 bridgehead atoms. The molecule has 0 unspecified atom stereocenters. The van der Waals surface area contributed by atoms with E-state index in [4.69, 9.17) is 9.47 Å². The number of aryl methyl sites for hydroxylation is 1. The Balaban J connectivity index is 1.65. The molecule has 0 fully saturated rings. The minimum atomic E-state index is -0.237. The zero-order chi connectivity index (χ0) is 22.7. The van der Waals surface area contributed by atoms with E-state index in [2.05, 4.69) is 41.9 Å². The zero-order valence-electron chi connectivity index (χ0n) is 17.4. The van der Waals surface area contributed by atoms with Crippen molar-refractivity contribution in [2.24, 2.45) is 5.10 Å². The number of methoxy groups -OCH3 is 1. The van der Waals surface area contributed by atoms with Gasteiger partial charge in [0.05, 0.1) is 28.7 Å². The Bertz CT molecular complexity index is 1370. The second-order valence-electron chi connectivity index (χ2n) is 6.99. The van der Waals surface area contributed by atoms with Crippen LogP contribution in [-0.4, -0.2) is 23.0 Å². The maximum absolute atomic E-state index is 12.9. The molecule has 0 spiro atoms. The van der Waals surface area contributed by atoms with Crippen LogP contribution in [0.15, 0.2) is 79.5 Å². The molecule has 0 N–H and O–H groups in total. The van der Waals surface area contributed by atoms with Crippen molar-refractivity contribution < 1.29 is 9.47 Å². The summed E-state index contributed by atoms with van der Waals surface area (Å²) in [6, 6.07) is 19.0. The van der Waals surface area contributed by atoms with E-state index in [-0.39, 0.29) is 5.56 Å². The van der Waals surface area contributed by atoms with Crippen LogP contribution in [0.1, 0.15) is 17.0 Å². The molecule has 4 rings (SSSR count). The fourth-order valence-corrected chi connectivity index (χ4v) is 4.14. The van der Waals surface area contributed by atoms with Crippen LogP contribution in [0.5, 0.6) is 11.5 Å². The summed E-state index contributed by atoms with van der Waals surface area (Å²) in [6.45, 7) is 2.16. The summed E-state index contributed by atoms with van der Waals surface area (Å²) in [5.74, 6) is 1.65. The summed E-state index contributed by atoms with van der Waals surface area (Å²) < 4.78 is 14.3. The molecule has 1 aromatic heterocycles. The lowest BCUT2D eigenvalue weighted by molar-refractivity contribution is 0.282. The van der Waals surface area contributed by atoms with Crippen molar-refractivity contribution in [2.75, 3.05) is 7.11 Å². The lowest BCUT2D eigenvalue weighted by atomic mass is 10.2. The van der Waals surface area contributed by atoms with E-state index in [0.717, 1.165) is 20.1 Å². The molecule has 0 amide bonds. The fraction of sp³-hybridized carbons (Fsp3) is 0.125. The van der Waals surface area contributed by atoms with Gasteiger partial charge in [0.25, 0.3) is 5.56 Å². The molecule has 8 heteroatoms. The predicted octanol–water partition coefficient (Wildman–Crippen LogP) is 5.70. The Labute approximate surface area is 201 Å². The van der Waals surface area contributed by atoms with E-state index in [1.54, 1.807) is 38.4 Å². The number of ether oxygens (including phenoxy) is 2. The first-order valence-corrected chi connectivity index (χ1v) is 11.3. The third kappa shape index (κ3) is 4.76. The monoisotopic (exact) mass is 555 g/mol. The lowest BCUT2D eigenvalue weighted by Gasteiger charge is -2.13. The van der Waals surface area contributed by atoms with Crippen LogP contribution in [-0.2, 0) is 6.61 Å². The van der Waals surface area contributed by atoms with E-state index in [0.29, 0.717) is 34.8 Å². The normalized spacial score (nSPS) is 11.2. The third-order valence-electron chi connectivity index (χ3n) is 4.77. The van der Waals surface area contributed by atoms with Gasteiger partial charge >= 0.3 is 0 Å². The zero-order valence-corrected chi connectivity index (χ0v) is 20.6. The highest BCUT2D eigenvalue weighted by molar-refractivity contribution is 9.10. The van der Waals surface area contributed by atoms with Gasteiger partial charge in [-0.05, 0) is 64.3 Å². The first kappa shape index (κ1) is 22.2. The maximum Gasteiger partial charge on any atom is 0.282 e. The van der Waals surface area contributed by atoms with Crippen molar-refractivity contribution in [3.8, 4) is 11.5 Å². The molecular formula is C24H19Br2N3O3. The topological polar surface area (TPSA) is 65.7 Å². The van der Waals surface area contributed by atoms with Crippen LogP contribution in [0.3, 0.4) is 0 Å². The minimum absolute atomic E-state index is 0.237. The first-order chi connectivity index (χ1) is 15.5. The SMILES string of the molecule is COc1cc(C=Nn2c(C)nc3ccc(Br)cc3c2=O)cc(Br)c1OCc1ccccc1. The van der Waals surface area contributed by atoms with Gasteiger partial charge in [0.1, 0.15) is 12.4 Å². The van der Waals surface area contributed by atoms with Crippen molar-refractivity contribution in [2.45, 2.75) is 13.5 Å². The number of hydrogen-bond acceptors (Lipinski definition) is 5. The highest BCUT2D eigenvalue weighted by Gasteiger charge is 2.12. The van der Waals surface area contributed by atoms with Crippen molar-refractivity contribution in [1.29, 1.82) is 0 Å². The highest BCUT2D eigenvalue weighted by Crippen LogP contribution is 2.36. The third-order valence-corrected chi connectivity index (χ3v) is 5.85. The van der Waals surface area contributed by atoms with Gasteiger partial charge in [-0.15, -0.1) is 0 Å². The summed E-state index contributed by atoms with van der Waals surface area (Å²) >= 11 is 6.95. The van der Waals surface area contributed by atoms with Crippen molar-refractivity contribution in [3.63, 3.8) is 0 Å². The molecule has 0 aliphatic rings. The summed E-state index contributed by atoms with van der Waals surface area (Å²) in [5, 5.41) is 4.87. The van der Waals surface area contributed by atoms with Crippen LogP contribution in [0.4, 0.5) is 0 Å². The molecule has 162 valence electrons. The summed E-state index contributed by atoms with van der Waals surface area (Å²) in [6.07, 6.45) is 1.59. The Morgan fingerprint density at radius 3 is 2.62 bits per heavy atom. The molecule has 1 heterocycles. The van der Waals surface area contributed by atoms with Gasteiger partial charge < -0.3 is 9.47 Å². The van der Waals surface area contributed by atoms with E-state index in [1.165, 1.54) is 4.68 Å². The lowest BCUT2D eigenvalue weighted by Crippen LogP contribution is -2.20. The van der Waals surface area contributed by atoms with E-state index >= 15 is 0 Å². The molecular weight excluding hydrogens is 538 g/mol. The Morgan fingerprint density at radius 2 is 1.88 bits per heavy atom. The van der Waals surface area contributed by atoms with Gasteiger partial charge in [-0.2, -0.15) is 9.78 Å². The molecule has 3 aromatic carbocycles. The number of rotatable bonds is 6. The standard InChI is InChI=1S/C24H19Br2N3O3/c1-15-28-21-9-8-18(25)12-19(21)24(30)29(15)27-13-17-10-20(26)23(22(11-17)31-2)32-14-16-6-4-3-5-7-16/h3-13H,14H2,1-2H3. The van der Waals surface area contributed by atoms with Crippen LogP contribution >= 0.6 is 31.9 Å². The van der Waals surface area contributed by atoms with Crippen molar-refractivity contribution >= 4 is 49.0 Å². The Hall–Kier alpha value is -2.97. The molecule has 4 aromatic rings. The Morgan fingerprint density at radius 1 is 1.09 bits per heavy atom. The summed E-state index contributed by atoms with van der Waals surface area (Å²) in [4.78, 5) is 17.4. The van der Waals surface area contributed by atoms with Gasteiger partial charge in [0.15, 0.2) is 11.5 Å². The number of hydrogen-bond donors (Lipinski definition) is 0. The number of aromatic nitrogens is 2. The average molecular weight is 557 g/mol. The van der Waals surface area contributed by atoms with E-state index in [9.17, 15) is 4.79 Å². The first-order valence-electron chi connectivity index (χ1n) is 9.74. The van der Waals surface area contributed by atoms with Gasteiger partial charge in [0, 0.05) is 4.47 Å². The van der Waals surface area contributed by atoms with Crippen LogP contribution in [0.2, 0.25) is 0 Å². The van der Waals surface area contributed by atoms with Crippen LogP contribution in [0.25, 0.3) is 10.9 Å². The largest absolute Gasteiger partial charge is 0.493 e. The second-order valence-corrected chi connectivity index (χ2v) is 8.76. The molecule has 0 atom stereocenters. The summed E-state index contributed by atoms with van der Waals surface area (Å²) in [5.41, 5.74) is 2.18. The number of benzene rings is 3. The molecule has 0 aliphatic carbocycles. The Kier molecular flexibility index (Phi) is 6.72. The van der Waals surface area contributed by atoms with Crippen molar-refractivity contribution in [1.82, 2.24) is 9.66 Å². The minimum Gasteiger partial charge on any atom is -0.493 e. The van der Waals surface area contributed by atoms with E-state index < -0.39 is 0 Å².